The number of hydrogen-bond acceptors (Lipinski definition) is 4. The topological polar surface area (TPSA) is 86.5 Å². The van der Waals surface area contributed by atoms with Crippen LogP contribution in [0.15, 0.2) is 42.5 Å². The Morgan fingerprint density at radius 3 is 2.33 bits per heavy atom. The van der Waals surface area contributed by atoms with Crippen molar-refractivity contribution in [3.8, 4) is 11.1 Å². The van der Waals surface area contributed by atoms with Gasteiger partial charge in [-0.2, -0.15) is 0 Å². The van der Waals surface area contributed by atoms with E-state index in [0.717, 1.165) is 28.8 Å². The van der Waals surface area contributed by atoms with E-state index in [1.165, 1.54) is 10.5 Å². The lowest BCUT2D eigenvalue weighted by atomic mass is 9.86. The molecule has 3 rings (SSSR count). The molecule has 1 aliphatic heterocycles. The molecule has 0 aromatic heterocycles. The maximum atomic E-state index is 12.6. The van der Waals surface area contributed by atoms with Gasteiger partial charge in [-0.05, 0) is 55.6 Å². The molecule has 1 unspecified atom stereocenters. The van der Waals surface area contributed by atoms with Crippen molar-refractivity contribution in [3.63, 3.8) is 0 Å². The monoisotopic (exact) mass is 409 g/mol. The first-order valence-corrected chi connectivity index (χ1v) is 10.5. The number of nitrogens with zero attached hydrogens (tertiary/aromatic N) is 2. The second-order valence-corrected chi connectivity index (χ2v) is 8.26. The van der Waals surface area contributed by atoms with Gasteiger partial charge in [-0.15, -0.1) is 0 Å². The fourth-order valence-electron chi connectivity index (χ4n) is 4.60. The van der Waals surface area contributed by atoms with Gasteiger partial charge in [-0.3, -0.25) is 0 Å². The second kappa shape index (κ2) is 8.58. The SMILES string of the molecule is CCN(C(=O)[O-])[C@@H]1C[C@H](C)[N+](C)(C(C)=O)c2ccc(-c3ccc(CCN)cc3)cc21. The van der Waals surface area contributed by atoms with Crippen LogP contribution in [0.5, 0.6) is 0 Å². The van der Waals surface area contributed by atoms with Crippen molar-refractivity contribution >= 4 is 17.7 Å². The summed E-state index contributed by atoms with van der Waals surface area (Å²) in [6.45, 7) is 6.36. The largest absolute Gasteiger partial charge is 0.530 e. The van der Waals surface area contributed by atoms with Crippen LogP contribution in [-0.4, -0.2) is 43.1 Å². The van der Waals surface area contributed by atoms with E-state index >= 15 is 0 Å². The van der Waals surface area contributed by atoms with Gasteiger partial charge in [-0.1, -0.05) is 24.3 Å². The van der Waals surface area contributed by atoms with Crippen molar-refractivity contribution in [2.75, 3.05) is 20.1 Å². The zero-order valence-corrected chi connectivity index (χ0v) is 18.2. The zero-order valence-electron chi connectivity index (χ0n) is 18.2. The minimum atomic E-state index is -1.18. The van der Waals surface area contributed by atoms with Crippen LogP contribution in [0.4, 0.5) is 10.5 Å². The van der Waals surface area contributed by atoms with Crippen LogP contribution in [-0.2, 0) is 11.2 Å². The highest BCUT2D eigenvalue weighted by Gasteiger charge is 2.47. The highest BCUT2D eigenvalue weighted by atomic mass is 16.4. The summed E-state index contributed by atoms with van der Waals surface area (Å²) >= 11 is 0. The van der Waals surface area contributed by atoms with Crippen LogP contribution in [0.2, 0.25) is 0 Å². The van der Waals surface area contributed by atoms with Gasteiger partial charge in [0.15, 0.2) is 0 Å². The predicted octanol–water partition coefficient (Wildman–Crippen LogP) is 2.84. The fraction of sp³-hybridized carbons (Fsp3) is 0.417. The molecule has 0 spiro atoms. The number of rotatable bonds is 5. The number of nitrogens with two attached hydrogens (primary N) is 1. The first kappa shape index (κ1) is 22.0. The number of hydrogen-bond donors (Lipinski definition) is 1. The number of benzene rings is 2. The van der Waals surface area contributed by atoms with E-state index in [2.05, 4.69) is 24.3 Å². The minimum absolute atomic E-state index is 0.0394. The van der Waals surface area contributed by atoms with E-state index < -0.39 is 6.09 Å². The summed E-state index contributed by atoms with van der Waals surface area (Å²) in [4.78, 5) is 25.8. The van der Waals surface area contributed by atoms with Crippen molar-refractivity contribution in [1.29, 1.82) is 0 Å². The van der Waals surface area contributed by atoms with Gasteiger partial charge in [0.2, 0.25) is 0 Å². The van der Waals surface area contributed by atoms with E-state index in [4.69, 9.17) is 5.73 Å². The lowest BCUT2D eigenvalue weighted by molar-refractivity contribution is -0.268. The molecule has 1 aliphatic rings. The molecular weight excluding hydrogens is 378 g/mol. The summed E-state index contributed by atoms with van der Waals surface area (Å²) < 4.78 is 0.159. The average molecular weight is 410 g/mol. The molecule has 0 saturated heterocycles. The van der Waals surface area contributed by atoms with E-state index in [0.29, 0.717) is 19.5 Å². The van der Waals surface area contributed by atoms with Gasteiger partial charge in [0.25, 0.3) is 0 Å². The van der Waals surface area contributed by atoms with E-state index in [9.17, 15) is 14.7 Å². The molecule has 0 saturated carbocycles. The van der Waals surface area contributed by atoms with Gasteiger partial charge in [-0.25, -0.2) is 9.28 Å². The molecule has 6 heteroatoms. The molecule has 6 nitrogen and oxygen atoms in total. The Morgan fingerprint density at radius 2 is 1.80 bits per heavy atom. The average Bonchev–Trinajstić information content (AvgIpc) is 2.72. The lowest BCUT2D eigenvalue weighted by Crippen LogP contribution is -2.60. The molecule has 0 aliphatic carbocycles. The van der Waals surface area contributed by atoms with Crippen molar-refractivity contribution in [2.45, 2.75) is 45.7 Å². The van der Waals surface area contributed by atoms with Crippen molar-refractivity contribution < 1.29 is 14.7 Å². The normalized spacial score (nSPS) is 23.0. The first-order chi connectivity index (χ1) is 14.2. The van der Waals surface area contributed by atoms with Crippen LogP contribution in [0.25, 0.3) is 11.1 Å². The molecule has 30 heavy (non-hydrogen) atoms. The fourth-order valence-corrected chi connectivity index (χ4v) is 4.60. The molecule has 2 N–H and O–H groups in total. The quantitative estimate of drug-likeness (QED) is 0.770. The Hall–Kier alpha value is -2.70. The molecule has 2 aromatic rings. The third-order valence-electron chi connectivity index (χ3n) is 6.66. The van der Waals surface area contributed by atoms with E-state index in [1.807, 2.05) is 39.1 Å². The van der Waals surface area contributed by atoms with E-state index in [-0.39, 0.29) is 22.5 Å². The van der Waals surface area contributed by atoms with Gasteiger partial charge >= 0.3 is 5.91 Å². The molecule has 0 bridgehead atoms. The highest BCUT2D eigenvalue weighted by Crippen LogP contribution is 2.45. The smallest absolute Gasteiger partial charge is 0.315 e. The number of quaternary nitrogens is 1. The Balaban J connectivity index is 2.14. The minimum Gasteiger partial charge on any atom is -0.530 e. The zero-order chi connectivity index (χ0) is 22.1. The third kappa shape index (κ3) is 3.73. The van der Waals surface area contributed by atoms with Crippen molar-refractivity contribution in [1.82, 2.24) is 9.38 Å². The maximum absolute atomic E-state index is 12.6. The highest BCUT2D eigenvalue weighted by molar-refractivity contribution is 5.89. The summed E-state index contributed by atoms with van der Waals surface area (Å²) in [6.07, 6.45) is 0.204. The van der Waals surface area contributed by atoms with Crippen LogP contribution in [0.1, 0.15) is 44.4 Å². The molecule has 3 atom stereocenters. The van der Waals surface area contributed by atoms with E-state index in [1.54, 1.807) is 6.92 Å². The summed E-state index contributed by atoms with van der Waals surface area (Å²) in [6, 6.07) is 13.9. The van der Waals surface area contributed by atoms with Crippen LogP contribution >= 0.6 is 0 Å². The van der Waals surface area contributed by atoms with Gasteiger partial charge < -0.3 is 20.5 Å². The Bertz CT molecular complexity index is 941. The predicted molar refractivity (Wildman–Crippen MR) is 118 cm³/mol. The van der Waals surface area contributed by atoms with Crippen molar-refractivity contribution in [3.05, 3.63) is 53.6 Å². The van der Waals surface area contributed by atoms with Crippen molar-refractivity contribution in [2.24, 2.45) is 5.73 Å². The van der Waals surface area contributed by atoms with Crippen LogP contribution in [0, 0.1) is 0 Å². The number of carboxylic acid groups (broad SMARTS) is 1. The van der Waals surface area contributed by atoms with Gasteiger partial charge in [0.05, 0.1) is 26.1 Å². The van der Waals surface area contributed by atoms with Gasteiger partial charge in [0, 0.05) is 24.6 Å². The summed E-state index contributed by atoms with van der Waals surface area (Å²) in [7, 11) is 1.92. The Morgan fingerprint density at radius 1 is 1.17 bits per heavy atom. The number of carbonyl (C=O) groups excluding carboxylic acids is 2. The number of carbonyl (C=O) groups is 2. The lowest BCUT2D eigenvalue weighted by Gasteiger charge is -2.47. The Kier molecular flexibility index (Phi) is 6.29. The summed E-state index contributed by atoms with van der Waals surface area (Å²) in [5.74, 6) is 0.0394. The molecule has 0 radical (unpaired) electrons. The summed E-state index contributed by atoms with van der Waals surface area (Å²) in [5, 5.41) is 11.8. The maximum Gasteiger partial charge on any atom is 0.315 e. The molecule has 0 fully saturated rings. The second-order valence-electron chi connectivity index (χ2n) is 8.26. The van der Waals surface area contributed by atoms with Crippen LogP contribution < -0.4 is 15.3 Å². The first-order valence-electron chi connectivity index (χ1n) is 10.5. The summed E-state index contributed by atoms with van der Waals surface area (Å²) in [5.41, 5.74) is 10.6. The molecule has 2 aromatic carbocycles. The standard InChI is InChI=1S/C24H31N3O3/c1-5-26(24(29)30)22-14-16(2)27(4,17(3)28)23-11-10-20(15-21(22)23)19-8-6-18(7-9-19)12-13-25/h6-11,15-16,22H,5,12-14,25H2,1-4H3/t16-,22+,27?/m0/s1. The Labute approximate surface area is 178 Å². The molecular formula is C24H31N3O3. The van der Waals surface area contributed by atoms with Gasteiger partial charge in [0.1, 0.15) is 11.8 Å². The third-order valence-corrected chi connectivity index (χ3v) is 6.66. The molecule has 1 heterocycles. The molecule has 2 amide bonds. The molecule has 160 valence electrons. The number of amides is 2. The number of fused-ring (bicyclic) bond motifs is 1. The van der Waals surface area contributed by atoms with Crippen LogP contribution in [0.3, 0.4) is 0 Å².